The largest absolute Gasteiger partial charge is 0.478 e. The van der Waals surface area contributed by atoms with Crippen LogP contribution >= 0.6 is 0 Å². The van der Waals surface area contributed by atoms with Crippen molar-refractivity contribution in [2.24, 2.45) is 5.41 Å². The van der Waals surface area contributed by atoms with Crippen molar-refractivity contribution in [1.29, 1.82) is 0 Å². The number of carbonyl (C=O) groups is 2. The molecule has 0 aromatic rings. The van der Waals surface area contributed by atoms with E-state index in [1.54, 1.807) is 13.0 Å². The van der Waals surface area contributed by atoms with Crippen LogP contribution in [0.5, 0.6) is 0 Å². The molecule has 276 valence electrons. The number of unbranched alkanes of at least 4 members (excludes halogenated alkanes) is 14. The minimum Gasteiger partial charge on any atom is -0.478 e. The van der Waals surface area contributed by atoms with Crippen LogP contribution in [0.15, 0.2) is 23.8 Å². The Kier molecular flexibility index (Phi) is 28.2. The molecule has 0 aliphatic rings. The summed E-state index contributed by atoms with van der Waals surface area (Å²) in [6.07, 6.45) is 27.1. The van der Waals surface area contributed by atoms with Gasteiger partial charge in [0.05, 0.1) is 0 Å². The predicted molar refractivity (Wildman–Crippen MR) is 202 cm³/mol. The van der Waals surface area contributed by atoms with Gasteiger partial charge in [-0.05, 0) is 84.6 Å². The number of hydrogen-bond donors (Lipinski definition) is 2. The average Bonchev–Trinajstić information content (AvgIpc) is 3.06. The topological polar surface area (TPSA) is 81.1 Å². The maximum Gasteiger partial charge on any atom is 0.331 e. The number of hydrogen-bond acceptors (Lipinski definition) is 4. The van der Waals surface area contributed by atoms with E-state index in [2.05, 4.69) is 51.0 Å². The van der Waals surface area contributed by atoms with Crippen LogP contribution in [0.2, 0.25) is 0 Å². The van der Waals surface area contributed by atoms with Crippen LogP contribution in [0.4, 0.5) is 0 Å². The molecule has 0 fully saturated rings. The Bertz CT molecular complexity index is 829. The van der Waals surface area contributed by atoms with Gasteiger partial charge in [0.2, 0.25) is 0 Å². The second kappa shape index (κ2) is 29.3. The molecule has 2 N–H and O–H groups in total. The van der Waals surface area contributed by atoms with E-state index >= 15 is 0 Å². The number of aliphatic carboxylic acids is 2. The Morgan fingerprint density at radius 2 is 1.11 bits per heavy atom. The summed E-state index contributed by atoms with van der Waals surface area (Å²) >= 11 is 0. The molecule has 0 aromatic carbocycles. The Balaban J connectivity index is 5.81. The Hall–Kier alpha value is -1.66. The third-order valence-corrected chi connectivity index (χ3v) is 10.4. The number of carboxylic acid groups (broad SMARTS) is 2. The van der Waals surface area contributed by atoms with E-state index in [0.29, 0.717) is 18.9 Å². The maximum atomic E-state index is 12.5. The molecule has 0 bridgehead atoms. The quantitative estimate of drug-likeness (QED) is 0.0527. The SMILES string of the molecule is C=C(C(=O)O)C(C=C(C)C(=O)O)(CCCCCN(CC)CC)CCC(CCCCCCCCCCCCC)N(CCCC)CCCC. The van der Waals surface area contributed by atoms with Gasteiger partial charge in [-0.15, -0.1) is 0 Å². The lowest BCUT2D eigenvalue weighted by atomic mass is 9.71. The number of carboxylic acids is 2. The molecule has 2 unspecified atom stereocenters. The van der Waals surface area contributed by atoms with E-state index < -0.39 is 17.4 Å². The molecule has 0 aromatic heterocycles. The van der Waals surface area contributed by atoms with E-state index in [4.69, 9.17) is 0 Å². The minimum atomic E-state index is -1.02. The molecule has 0 spiro atoms. The van der Waals surface area contributed by atoms with E-state index in [1.165, 1.54) is 70.6 Å². The van der Waals surface area contributed by atoms with Gasteiger partial charge in [0.1, 0.15) is 0 Å². The molecule has 0 saturated heterocycles. The van der Waals surface area contributed by atoms with Crippen molar-refractivity contribution in [2.75, 3.05) is 32.7 Å². The van der Waals surface area contributed by atoms with Crippen LogP contribution in [0.25, 0.3) is 0 Å². The van der Waals surface area contributed by atoms with Gasteiger partial charge in [-0.2, -0.15) is 0 Å². The molecule has 0 aliphatic heterocycles. The van der Waals surface area contributed by atoms with Crippen LogP contribution in [0.3, 0.4) is 0 Å². The number of rotatable bonds is 34. The van der Waals surface area contributed by atoms with E-state index in [9.17, 15) is 19.8 Å². The third kappa shape index (κ3) is 21.1. The molecule has 0 rings (SSSR count). The fraction of sp³-hybridized carbons (Fsp3) is 0.854. The summed E-state index contributed by atoms with van der Waals surface area (Å²) in [5, 5.41) is 20.1. The minimum absolute atomic E-state index is 0.143. The summed E-state index contributed by atoms with van der Waals surface area (Å²) in [5.41, 5.74) is -0.504. The van der Waals surface area contributed by atoms with Crippen LogP contribution in [0, 0.1) is 5.41 Å². The van der Waals surface area contributed by atoms with Gasteiger partial charge in [0, 0.05) is 22.6 Å². The Morgan fingerprint density at radius 1 is 0.617 bits per heavy atom. The highest BCUT2D eigenvalue weighted by molar-refractivity contribution is 5.90. The summed E-state index contributed by atoms with van der Waals surface area (Å²) in [5.74, 6) is -2.00. The van der Waals surface area contributed by atoms with Crippen molar-refractivity contribution in [3.8, 4) is 0 Å². The Labute approximate surface area is 291 Å². The van der Waals surface area contributed by atoms with Crippen molar-refractivity contribution in [1.82, 2.24) is 9.80 Å². The molecule has 47 heavy (non-hydrogen) atoms. The van der Waals surface area contributed by atoms with Crippen molar-refractivity contribution < 1.29 is 19.8 Å². The molecule has 6 nitrogen and oxygen atoms in total. The summed E-state index contributed by atoms with van der Waals surface area (Å²) in [6.45, 7) is 22.1. The highest BCUT2D eigenvalue weighted by atomic mass is 16.4. The van der Waals surface area contributed by atoms with E-state index in [0.717, 1.165) is 90.5 Å². The van der Waals surface area contributed by atoms with Crippen LogP contribution in [0.1, 0.15) is 183 Å². The fourth-order valence-electron chi connectivity index (χ4n) is 7.02. The normalized spacial score (nSPS) is 14.1. The maximum absolute atomic E-state index is 12.5. The first-order chi connectivity index (χ1) is 22.6. The van der Waals surface area contributed by atoms with Crippen LogP contribution < -0.4 is 0 Å². The first-order valence-electron chi connectivity index (χ1n) is 19.9. The summed E-state index contributed by atoms with van der Waals surface area (Å²) in [7, 11) is 0. The summed E-state index contributed by atoms with van der Waals surface area (Å²) in [4.78, 5) is 29.6. The Morgan fingerprint density at radius 3 is 1.57 bits per heavy atom. The number of allylic oxidation sites excluding steroid dienone is 1. The standard InChI is InChI=1S/C41H78N2O4/c1-8-13-16-17-18-19-20-21-22-23-25-28-38(43(33-14-9-2)34-15-10-3)29-31-41(37(7)40(46)47,35-36(6)39(44)45)30-26-24-27-32-42(11-4)12-5/h35,38H,7-34H2,1-6H3,(H,44,45)(H,46,47). The first-order valence-corrected chi connectivity index (χ1v) is 19.9. The lowest BCUT2D eigenvalue weighted by Crippen LogP contribution is -2.38. The molecule has 0 radical (unpaired) electrons. The highest BCUT2D eigenvalue weighted by Crippen LogP contribution is 2.42. The lowest BCUT2D eigenvalue weighted by molar-refractivity contribution is -0.134. The average molecular weight is 663 g/mol. The molecule has 0 saturated carbocycles. The van der Waals surface area contributed by atoms with Gasteiger partial charge in [-0.3, -0.25) is 0 Å². The van der Waals surface area contributed by atoms with Gasteiger partial charge < -0.3 is 20.0 Å². The monoisotopic (exact) mass is 663 g/mol. The predicted octanol–water partition coefficient (Wildman–Crippen LogP) is 11.3. The smallest absolute Gasteiger partial charge is 0.331 e. The van der Waals surface area contributed by atoms with Gasteiger partial charge >= 0.3 is 11.9 Å². The van der Waals surface area contributed by atoms with E-state index in [1.807, 2.05) is 0 Å². The second-order valence-electron chi connectivity index (χ2n) is 14.2. The van der Waals surface area contributed by atoms with Crippen LogP contribution in [-0.2, 0) is 9.59 Å². The molecular weight excluding hydrogens is 584 g/mol. The van der Waals surface area contributed by atoms with Gasteiger partial charge in [-0.25, -0.2) is 9.59 Å². The zero-order valence-electron chi connectivity index (χ0n) is 32.1. The van der Waals surface area contributed by atoms with Gasteiger partial charge in [0.25, 0.3) is 0 Å². The number of nitrogens with zero attached hydrogens (tertiary/aromatic N) is 2. The third-order valence-electron chi connectivity index (χ3n) is 10.4. The highest BCUT2D eigenvalue weighted by Gasteiger charge is 2.36. The van der Waals surface area contributed by atoms with Crippen molar-refractivity contribution in [3.05, 3.63) is 23.8 Å². The zero-order chi connectivity index (χ0) is 35.3. The lowest BCUT2D eigenvalue weighted by Gasteiger charge is -2.37. The van der Waals surface area contributed by atoms with Crippen LogP contribution in [-0.4, -0.2) is 70.7 Å². The van der Waals surface area contributed by atoms with Crippen molar-refractivity contribution in [3.63, 3.8) is 0 Å². The fourth-order valence-corrected chi connectivity index (χ4v) is 7.02. The molecule has 2 atom stereocenters. The molecule has 0 heterocycles. The second-order valence-corrected chi connectivity index (χ2v) is 14.2. The summed E-state index contributed by atoms with van der Waals surface area (Å²) < 4.78 is 0. The van der Waals surface area contributed by atoms with E-state index in [-0.39, 0.29) is 11.1 Å². The van der Waals surface area contributed by atoms with Crippen molar-refractivity contribution in [2.45, 2.75) is 189 Å². The van der Waals surface area contributed by atoms with Crippen molar-refractivity contribution >= 4 is 11.9 Å². The van der Waals surface area contributed by atoms with Gasteiger partial charge in [0.15, 0.2) is 0 Å². The molecule has 0 aliphatic carbocycles. The summed E-state index contributed by atoms with van der Waals surface area (Å²) in [6, 6.07) is 0.369. The molecule has 0 amide bonds. The zero-order valence-corrected chi connectivity index (χ0v) is 32.1. The molecular formula is C41H78N2O4. The first kappa shape index (κ1) is 45.3. The molecule has 6 heteroatoms. The van der Waals surface area contributed by atoms with Gasteiger partial charge in [-0.1, -0.05) is 144 Å².